The first kappa shape index (κ1) is 18.0. The molecule has 0 saturated carbocycles. The molecule has 1 aliphatic rings. The largest absolute Gasteiger partial charge is 0.426 e. The zero-order valence-corrected chi connectivity index (χ0v) is 14.4. The number of fused-ring (bicyclic) bond motifs is 1. The maximum atomic E-state index is 12.6. The van der Waals surface area contributed by atoms with Crippen LogP contribution in [0, 0.1) is 11.3 Å². The van der Waals surface area contributed by atoms with Crippen LogP contribution in [0.2, 0.25) is 0 Å². The molecule has 4 rings (SSSR count). The minimum atomic E-state index is -4.26. The molecule has 26 heavy (non-hydrogen) atoms. The predicted octanol–water partition coefficient (Wildman–Crippen LogP) is 6.58. The quantitative estimate of drug-likeness (QED) is 0.475. The molecule has 0 fully saturated rings. The van der Waals surface area contributed by atoms with E-state index < -0.39 is 11.1 Å². The predicted molar refractivity (Wildman–Crippen MR) is 98.5 cm³/mol. The highest BCUT2D eigenvalue weighted by Gasteiger charge is 2.35. The van der Waals surface area contributed by atoms with E-state index in [2.05, 4.69) is 12.1 Å². The molecule has 0 N–H and O–H groups in total. The molecule has 0 unspecified atom stereocenters. The van der Waals surface area contributed by atoms with Gasteiger partial charge in [-0.3, -0.25) is 0 Å². The van der Waals surface area contributed by atoms with Gasteiger partial charge in [0.15, 0.2) is 0 Å². The second-order valence-corrected chi connectivity index (χ2v) is 6.60. The summed E-state index contributed by atoms with van der Waals surface area (Å²) in [6.45, 7) is 0. The van der Waals surface area contributed by atoms with Gasteiger partial charge in [0.25, 0.3) is 0 Å². The smallest absolute Gasteiger partial charge is 0.193 e. The van der Waals surface area contributed by atoms with Crippen LogP contribution in [0.1, 0.15) is 16.0 Å². The highest BCUT2D eigenvalue weighted by molar-refractivity contribution is 7.10. The van der Waals surface area contributed by atoms with Crippen LogP contribution in [-0.2, 0) is 12.6 Å². The maximum Gasteiger partial charge on any atom is 0.426 e. The summed E-state index contributed by atoms with van der Waals surface area (Å²) in [6, 6.07) is 20.4. The summed E-state index contributed by atoms with van der Waals surface area (Å²) in [5.74, 6) is 0. The van der Waals surface area contributed by atoms with Crippen molar-refractivity contribution in [2.45, 2.75) is 12.6 Å². The van der Waals surface area contributed by atoms with Crippen LogP contribution in [0.4, 0.5) is 13.2 Å². The highest BCUT2D eigenvalue weighted by atomic mass is 32.1. The van der Waals surface area contributed by atoms with E-state index in [0.29, 0.717) is 5.56 Å². The minimum absolute atomic E-state index is 0.258. The molecule has 3 aromatic rings. The Balaban J connectivity index is 0.000000158. The molecule has 1 aromatic heterocycles. The lowest BCUT2D eigenvalue weighted by Gasteiger charge is -2.07. The second kappa shape index (κ2) is 7.59. The lowest BCUT2D eigenvalue weighted by Crippen LogP contribution is -2.03. The molecule has 0 bridgehead atoms. The van der Waals surface area contributed by atoms with Gasteiger partial charge in [0.1, 0.15) is 4.88 Å². The first-order valence-corrected chi connectivity index (χ1v) is 8.75. The maximum absolute atomic E-state index is 12.6. The summed E-state index contributed by atoms with van der Waals surface area (Å²) in [5, 5.41) is 10.1. The number of alkyl halides is 3. The van der Waals surface area contributed by atoms with E-state index in [4.69, 9.17) is 5.26 Å². The molecular formula is C21H14F3NS. The fourth-order valence-corrected chi connectivity index (χ4v) is 3.51. The van der Waals surface area contributed by atoms with Crippen LogP contribution in [0.25, 0.3) is 17.2 Å². The number of allylic oxidation sites excluding steroid dienone is 1. The molecule has 0 saturated heterocycles. The van der Waals surface area contributed by atoms with Gasteiger partial charge in [-0.15, -0.1) is 11.3 Å². The van der Waals surface area contributed by atoms with Crippen molar-refractivity contribution in [1.82, 2.24) is 0 Å². The molecule has 2 aromatic carbocycles. The number of hydrogen-bond donors (Lipinski definition) is 0. The van der Waals surface area contributed by atoms with Gasteiger partial charge < -0.3 is 0 Å². The van der Waals surface area contributed by atoms with Gasteiger partial charge in [-0.2, -0.15) is 18.4 Å². The van der Waals surface area contributed by atoms with E-state index in [-0.39, 0.29) is 5.56 Å². The lowest BCUT2D eigenvalue weighted by atomic mass is 10.1. The Hall–Kier alpha value is -2.84. The van der Waals surface area contributed by atoms with Crippen molar-refractivity contribution >= 4 is 17.4 Å². The number of rotatable bonds is 1. The summed E-state index contributed by atoms with van der Waals surface area (Å²) in [4.78, 5) is -0.534. The average molecular weight is 369 g/mol. The Morgan fingerprint density at radius 3 is 2.27 bits per heavy atom. The molecule has 130 valence electrons. The van der Waals surface area contributed by atoms with Gasteiger partial charge in [-0.1, -0.05) is 54.6 Å². The van der Waals surface area contributed by atoms with Gasteiger partial charge in [0, 0.05) is 17.6 Å². The third-order valence-electron chi connectivity index (χ3n) is 3.92. The second-order valence-electron chi connectivity index (χ2n) is 5.68. The Labute approximate surface area is 153 Å². The van der Waals surface area contributed by atoms with Crippen molar-refractivity contribution in [3.63, 3.8) is 0 Å². The number of nitriles is 1. The summed E-state index contributed by atoms with van der Waals surface area (Å²) in [7, 11) is 0. The molecular weight excluding hydrogens is 355 g/mol. The number of thiophene rings is 1. The Morgan fingerprint density at radius 2 is 1.62 bits per heavy atom. The van der Waals surface area contributed by atoms with Gasteiger partial charge in [0.05, 0.1) is 6.07 Å². The fraction of sp³-hybridized carbons (Fsp3) is 0.0952. The van der Waals surface area contributed by atoms with Crippen LogP contribution in [-0.4, -0.2) is 0 Å². The van der Waals surface area contributed by atoms with Crippen LogP contribution in [0.5, 0.6) is 0 Å². The van der Waals surface area contributed by atoms with E-state index in [0.717, 1.165) is 23.3 Å². The van der Waals surface area contributed by atoms with Gasteiger partial charge in [0.2, 0.25) is 0 Å². The molecule has 0 spiro atoms. The summed E-state index contributed by atoms with van der Waals surface area (Å²) in [5.41, 5.74) is 4.19. The monoisotopic (exact) mass is 369 g/mol. The zero-order chi connectivity index (χ0) is 18.6. The van der Waals surface area contributed by atoms with Crippen molar-refractivity contribution in [3.8, 4) is 17.2 Å². The zero-order valence-electron chi connectivity index (χ0n) is 13.6. The third-order valence-corrected chi connectivity index (χ3v) is 4.88. The van der Waals surface area contributed by atoms with Gasteiger partial charge in [-0.05, 0) is 34.2 Å². The first-order valence-electron chi connectivity index (χ1n) is 7.87. The molecule has 5 heteroatoms. The number of halogens is 3. The Kier molecular flexibility index (Phi) is 5.24. The number of benzene rings is 2. The van der Waals surface area contributed by atoms with E-state index in [1.165, 1.54) is 22.6 Å². The molecule has 0 aliphatic heterocycles. The minimum Gasteiger partial charge on any atom is -0.193 e. The van der Waals surface area contributed by atoms with E-state index in [1.807, 2.05) is 24.3 Å². The van der Waals surface area contributed by atoms with Crippen molar-refractivity contribution in [2.24, 2.45) is 0 Å². The lowest BCUT2D eigenvalue weighted by molar-refractivity contribution is -0.133. The molecule has 0 radical (unpaired) electrons. The molecule has 0 amide bonds. The topological polar surface area (TPSA) is 23.8 Å². The van der Waals surface area contributed by atoms with Gasteiger partial charge >= 0.3 is 6.18 Å². The van der Waals surface area contributed by atoms with Crippen LogP contribution >= 0.6 is 11.3 Å². The van der Waals surface area contributed by atoms with Gasteiger partial charge in [-0.25, -0.2) is 0 Å². The van der Waals surface area contributed by atoms with Crippen LogP contribution < -0.4 is 0 Å². The van der Waals surface area contributed by atoms with Crippen molar-refractivity contribution < 1.29 is 13.2 Å². The average Bonchev–Trinajstić information content (AvgIpc) is 3.29. The molecule has 0 atom stereocenters. The molecule has 1 aliphatic carbocycles. The Bertz CT molecular complexity index is 963. The Morgan fingerprint density at radius 1 is 0.923 bits per heavy atom. The number of nitrogens with zero attached hydrogens (tertiary/aromatic N) is 1. The van der Waals surface area contributed by atoms with E-state index >= 15 is 0 Å². The summed E-state index contributed by atoms with van der Waals surface area (Å²) >= 11 is 0.726. The standard InChI is InChI=1S/C11H7F3S.C10H7N/c12-11(13,14)10-9(6-7-15-10)8-4-2-1-3-5-8;11-7-8-5-9-3-1-2-4-10(9)6-8/h1-7H;1-5H,6H2. The normalized spacial score (nSPS) is 12.5. The van der Waals surface area contributed by atoms with Crippen molar-refractivity contribution in [3.05, 3.63) is 87.6 Å². The molecule has 1 heterocycles. The summed E-state index contributed by atoms with van der Waals surface area (Å²) in [6.07, 6.45) is -1.50. The van der Waals surface area contributed by atoms with Crippen LogP contribution in [0.3, 0.4) is 0 Å². The fourth-order valence-electron chi connectivity index (χ4n) is 2.73. The third kappa shape index (κ3) is 4.04. The first-order chi connectivity index (χ1) is 12.5. The number of hydrogen-bond acceptors (Lipinski definition) is 2. The SMILES string of the molecule is FC(F)(F)c1sccc1-c1ccccc1.N#CC1=Cc2ccccc2C1. The highest BCUT2D eigenvalue weighted by Crippen LogP contribution is 2.40. The van der Waals surface area contributed by atoms with Crippen LogP contribution in [0.15, 0.2) is 71.6 Å². The van der Waals surface area contributed by atoms with E-state index in [9.17, 15) is 13.2 Å². The van der Waals surface area contributed by atoms with Crippen molar-refractivity contribution in [1.29, 1.82) is 5.26 Å². The summed E-state index contributed by atoms with van der Waals surface area (Å²) < 4.78 is 37.7. The van der Waals surface area contributed by atoms with Crippen molar-refractivity contribution in [2.75, 3.05) is 0 Å². The van der Waals surface area contributed by atoms with E-state index in [1.54, 1.807) is 30.3 Å². The molecule has 1 nitrogen and oxygen atoms in total.